The first-order valence-corrected chi connectivity index (χ1v) is 8.20. The Labute approximate surface area is 117 Å². The number of carbonyl (C=O) groups excluding carboxylic acids is 1. The zero-order valence-corrected chi connectivity index (χ0v) is 12.2. The van der Waals surface area contributed by atoms with E-state index in [1.54, 1.807) is 12.1 Å². The standard InChI is InChI=1S/C12H17NO6Si/c1-8(14)13-11(12(15)16)7-9-3-5-10(6-4-9)19-20(2,17)18/h3-6,11,17-18H,7H2,1-2H3,(H,13,14)(H,15,16)/t11-/m0/s1. The molecule has 1 atom stereocenters. The van der Waals surface area contributed by atoms with Gasteiger partial charge in [0.1, 0.15) is 11.8 Å². The molecule has 0 unspecified atom stereocenters. The highest BCUT2D eigenvalue weighted by Crippen LogP contribution is 2.15. The Hall–Kier alpha value is -1.90. The molecule has 1 amide bonds. The van der Waals surface area contributed by atoms with E-state index in [0.29, 0.717) is 11.3 Å². The zero-order chi connectivity index (χ0) is 15.3. The van der Waals surface area contributed by atoms with Crippen molar-refractivity contribution in [3.8, 4) is 5.75 Å². The highest BCUT2D eigenvalue weighted by atomic mass is 28.4. The smallest absolute Gasteiger partial charge is 0.501 e. The van der Waals surface area contributed by atoms with E-state index in [9.17, 15) is 19.2 Å². The van der Waals surface area contributed by atoms with Gasteiger partial charge in [0.15, 0.2) is 0 Å². The number of carboxylic acids is 1. The Kier molecular flexibility index (Phi) is 5.25. The highest BCUT2D eigenvalue weighted by Gasteiger charge is 2.26. The van der Waals surface area contributed by atoms with Gasteiger partial charge in [0.05, 0.1) is 0 Å². The van der Waals surface area contributed by atoms with Crippen LogP contribution in [0.25, 0.3) is 0 Å². The van der Waals surface area contributed by atoms with Crippen LogP contribution in [-0.2, 0) is 16.0 Å². The lowest BCUT2D eigenvalue weighted by molar-refractivity contribution is -0.141. The summed E-state index contributed by atoms with van der Waals surface area (Å²) in [6, 6.07) is 5.23. The van der Waals surface area contributed by atoms with Crippen molar-refractivity contribution in [3.05, 3.63) is 29.8 Å². The molecule has 0 spiro atoms. The van der Waals surface area contributed by atoms with E-state index in [2.05, 4.69) is 5.32 Å². The molecular formula is C12H17NO6Si. The Bertz CT molecular complexity index is 482. The molecule has 0 radical (unpaired) electrons. The van der Waals surface area contributed by atoms with Crippen molar-refractivity contribution in [1.29, 1.82) is 0 Å². The fourth-order valence-electron chi connectivity index (χ4n) is 1.60. The number of amides is 1. The number of hydrogen-bond donors (Lipinski definition) is 4. The predicted molar refractivity (Wildman–Crippen MR) is 72.1 cm³/mol. The van der Waals surface area contributed by atoms with E-state index in [4.69, 9.17) is 9.53 Å². The van der Waals surface area contributed by atoms with E-state index in [-0.39, 0.29) is 6.42 Å². The summed E-state index contributed by atoms with van der Waals surface area (Å²) in [5.41, 5.74) is 0.678. The van der Waals surface area contributed by atoms with Crippen LogP contribution in [0.1, 0.15) is 12.5 Å². The topological polar surface area (TPSA) is 116 Å². The van der Waals surface area contributed by atoms with Crippen molar-refractivity contribution < 1.29 is 28.7 Å². The van der Waals surface area contributed by atoms with Gasteiger partial charge in [0.25, 0.3) is 0 Å². The molecule has 0 bridgehead atoms. The lowest BCUT2D eigenvalue weighted by Gasteiger charge is -2.16. The second-order valence-corrected chi connectivity index (χ2v) is 6.55. The van der Waals surface area contributed by atoms with E-state index in [1.165, 1.54) is 25.6 Å². The monoisotopic (exact) mass is 299 g/mol. The van der Waals surface area contributed by atoms with Gasteiger partial charge in [-0.2, -0.15) is 0 Å². The van der Waals surface area contributed by atoms with Crippen molar-refractivity contribution in [2.24, 2.45) is 0 Å². The highest BCUT2D eigenvalue weighted by molar-refractivity contribution is 6.56. The molecule has 110 valence electrons. The van der Waals surface area contributed by atoms with Gasteiger partial charge in [0.2, 0.25) is 5.91 Å². The minimum atomic E-state index is -3.64. The third-order valence-corrected chi connectivity index (χ3v) is 2.97. The molecule has 0 aliphatic heterocycles. The van der Waals surface area contributed by atoms with Gasteiger partial charge < -0.3 is 24.4 Å². The summed E-state index contributed by atoms with van der Waals surface area (Å²) in [5, 5.41) is 11.3. The summed E-state index contributed by atoms with van der Waals surface area (Å²) in [7, 11) is -3.64. The number of hydrogen-bond acceptors (Lipinski definition) is 5. The lowest BCUT2D eigenvalue weighted by atomic mass is 10.1. The largest absolute Gasteiger partial charge is 0.557 e. The SMILES string of the molecule is CC(=O)N[C@@H](Cc1ccc(O[Si](C)(O)O)cc1)C(=O)O. The van der Waals surface area contributed by atoms with Crippen LogP contribution in [-0.4, -0.2) is 41.4 Å². The molecule has 1 rings (SSSR count). The minimum absolute atomic E-state index is 0.127. The molecule has 7 nitrogen and oxygen atoms in total. The summed E-state index contributed by atoms with van der Waals surface area (Å²) in [6.45, 7) is 2.46. The first kappa shape index (κ1) is 16.2. The first-order chi connectivity index (χ1) is 9.17. The number of aliphatic carboxylic acids is 1. The van der Waals surface area contributed by atoms with E-state index in [0.717, 1.165) is 0 Å². The van der Waals surface area contributed by atoms with E-state index >= 15 is 0 Å². The average Bonchev–Trinajstić information content (AvgIpc) is 2.28. The maximum Gasteiger partial charge on any atom is 0.557 e. The molecule has 20 heavy (non-hydrogen) atoms. The molecule has 0 aliphatic rings. The fraction of sp³-hybridized carbons (Fsp3) is 0.333. The molecule has 0 aliphatic carbocycles. The fourth-order valence-corrected chi connectivity index (χ4v) is 2.18. The van der Waals surface area contributed by atoms with Gasteiger partial charge in [-0.3, -0.25) is 4.79 Å². The van der Waals surface area contributed by atoms with E-state index < -0.39 is 26.7 Å². The summed E-state index contributed by atoms with van der Waals surface area (Å²) in [5.74, 6) is -1.25. The molecule has 1 aromatic carbocycles. The Morgan fingerprint density at radius 2 is 1.85 bits per heavy atom. The Balaban J connectivity index is 2.72. The van der Waals surface area contributed by atoms with Crippen molar-refractivity contribution in [3.63, 3.8) is 0 Å². The van der Waals surface area contributed by atoms with Gasteiger partial charge in [0, 0.05) is 19.9 Å². The van der Waals surface area contributed by atoms with Gasteiger partial charge >= 0.3 is 14.8 Å². The van der Waals surface area contributed by atoms with Gasteiger partial charge in [-0.1, -0.05) is 12.1 Å². The van der Waals surface area contributed by atoms with Crippen LogP contribution >= 0.6 is 0 Å². The molecule has 0 fully saturated rings. The Morgan fingerprint density at radius 3 is 2.25 bits per heavy atom. The molecule has 8 heteroatoms. The number of rotatable bonds is 6. The average molecular weight is 299 g/mol. The van der Waals surface area contributed by atoms with Crippen molar-refractivity contribution in [2.75, 3.05) is 0 Å². The number of carbonyl (C=O) groups is 2. The molecule has 4 N–H and O–H groups in total. The molecule has 0 aromatic heterocycles. The second kappa shape index (κ2) is 6.50. The van der Waals surface area contributed by atoms with Gasteiger partial charge in [-0.15, -0.1) is 0 Å². The summed E-state index contributed by atoms with van der Waals surface area (Å²) in [6.07, 6.45) is 0.127. The summed E-state index contributed by atoms with van der Waals surface area (Å²) in [4.78, 5) is 40.3. The lowest BCUT2D eigenvalue weighted by Crippen LogP contribution is -2.41. The molecule has 0 saturated heterocycles. The first-order valence-electron chi connectivity index (χ1n) is 5.90. The van der Waals surface area contributed by atoms with Crippen molar-refractivity contribution in [1.82, 2.24) is 5.32 Å². The third-order valence-electron chi connectivity index (χ3n) is 2.35. The Morgan fingerprint density at radius 1 is 1.30 bits per heavy atom. The molecular weight excluding hydrogens is 282 g/mol. The van der Waals surface area contributed by atoms with Crippen LogP contribution < -0.4 is 9.74 Å². The quantitative estimate of drug-likeness (QED) is 0.538. The summed E-state index contributed by atoms with van der Waals surface area (Å²) >= 11 is 0. The third kappa shape index (κ3) is 5.82. The van der Waals surface area contributed by atoms with Crippen LogP contribution in [0.15, 0.2) is 24.3 Å². The van der Waals surface area contributed by atoms with Crippen molar-refractivity contribution >= 4 is 20.7 Å². The van der Waals surface area contributed by atoms with Crippen molar-refractivity contribution in [2.45, 2.75) is 25.9 Å². The second-order valence-electron chi connectivity index (χ2n) is 4.48. The zero-order valence-electron chi connectivity index (χ0n) is 11.2. The maximum atomic E-state index is 11.0. The number of nitrogens with one attached hydrogen (secondary N) is 1. The minimum Gasteiger partial charge on any atom is -0.501 e. The van der Waals surface area contributed by atoms with Crippen LogP contribution in [0.3, 0.4) is 0 Å². The van der Waals surface area contributed by atoms with E-state index in [1.807, 2.05) is 0 Å². The molecule has 0 saturated carbocycles. The van der Waals surface area contributed by atoms with Crippen LogP contribution in [0.4, 0.5) is 0 Å². The molecule has 0 heterocycles. The predicted octanol–water partition coefficient (Wildman–Crippen LogP) is -0.250. The molecule has 1 aromatic rings. The number of carboxylic acid groups (broad SMARTS) is 1. The summed E-state index contributed by atoms with van der Waals surface area (Å²) < 4.78 is 4.94. The van der Waals surface area contributed by atoms with Gasteiger partial charge in [-0.05, 0) is 17.7 Å². The van der Waals surface area contributed by atoms with Crippen LogP contribution in [0.2, 0.25) is 6.55 Å². The van der Waals surface area contributed by atoms with Gasteiger partial charge in [-0.25, -0.2) is 4.79 Å². The number of benzene rings is 1. The van der Waals surface area contributed by atoms with Crippen LogP contribution in [0, 0.1) is 0 Å². The maximum absolute atomic E-state index is 11.0. The normalized spacial score (nSPS) is 12.6. The van der Waals surface area contributed by atoms with Crippen LogP contribution in [0.5, 0.6) is 5.75 Å².